The van der Waals surface area contributed by atoms with Gasteiger partial charge < -0.3 is 19.3 Å². The summed E-state index contributed by atoms with van der Waals surface area (Å²) in [5, 5.41) is 0. The molecule has 5 rings (SSSR count). The molecule has 31 heavy (non-hydrogen) atoms. The molecule has 0 radical (unpaired) electrons. The zero-order valence-electron chi connectivity index (χ0n) is 18.2. The third-order valence-corrected chi connectivity index (χ3v) is 6.92. The maximum absolute atomic E-state index is 12.9. The molecule has 7 heteroatoms. The Morgan fingerprint density at radius 1 is 1.10 bits per heavy atom. The van der Waals surface area contributed by atoms with E-state index in [0.29, 0.717) is 5.69 Å². The van der Waals surface area contributed by atoms with E-state index in [1.807, 2.05) is 11.0 Å². The van der Waals surface area contributed by atoms with Gasteiger partial charge in [0, 0.05) is 31.7 Å². The van der Waals surface area contributed by atoms with E-state index in [1.54, 1.807) is 19.5 Å². The molecule has 164 valence electrons. The Labute approximate surface area is 183 Å². The van der Waals surface area contributed by atoms with Crippen molar-refractivity contribution in [3.8, 4) is 5.75 Å². The number of nitrogens with zero attached hydrogens (tertiary/aromatic N) is 4. The number of likely N-dealkylation sites (tertiary alicyclic amines) is 1. The predicted octanol–water partition coefficient (Wildman–Crippen LogP) is 3.18. The average molecular weight is 423 g/mol. The Morgan fingerprint density at radius 2 is 1.90 bits per heavy atom. The molecule has 3 aliphatic heterocycles. The first-order valence-electron chi connectivity index (χ1n) is 11.4. The van der Waals surface area contributed by atoms with Gasteiger partial charge in [-0.3, -0.25) is 9.78 Å². The quantitative estimate of drug-likeness (QED) is 0.757. The van der Waals surface area contributed by atoms with Gasteiger partial charge in [0.25, 0.3) is 5.91 Å². The average Bonchev–Trinajstić information content (AvgIpc) is 2.84. The number of benzene rings is 1. The molecule has 3 aliphatic rings. The molecule has 2 aromatic rings. The highest BCUT2D eigenvalue weighted by atomic mass is 16.5. The van der Waals surface area contributed by atoms with Crippen LogP contribution in [0.5, 0.6) is 5.75 Å². The standard InChI is InChI=1S/C24H30N4O3/c1-30-20-7-5-6-18-8-15-31-24(22(18)20)9-13-27(14-10-24)21-17-25-16-19(26-21)23(29)28-11-3-2-4-12-28/h5-7,16-17H,2-4,8-15H2,1H3. The van der Waals surface area contributed by atoms with Crippen molar-refractivity contribution >= 4 is 11.7 Å². The highest BCUT2D eigenvalue weighted by Gasteiger charge is 2.43. The normalized spacial score (nSPS) is 20.4. The van der Waals surface area contributed by atoms with Crippen LogP contribution in [0.3, 0.4) is 0 Å². The van der Waals surface area contributed by atoms with E-state index in [9.17, 15) is 4.79 Å². The number of anilines is 1. The first kappa shape index (κ1) is 20.2. The number of fused-ring (bicyclic) bond motifs is 2. The molecule has 1 aromatic heterocycles. The van der Waals surface area contributed by atoms with Crippen molar-refractivity contribution in [3.63, 3.8) is 0 Å². The lowest BCUT2D eigenvalue weighted by atomic mass is 9.79. The number of ether oxygens (including phenoxy) is 2. The van der Waals surface area contributed by atoms with Crippen LogP contribution in [0, 0.1) is 0 Å². The van der Waals surface area contributed by atoms with Crippen LogP contribution >= 0.6 is 0 Å². The Bertz CT molecular complexity index is 935. The lowest BCUT2D eigenvalue weighted by Crippen LogP contribution is -2.47. The summed E-state index contributed by atoms with van der Waals surface area (Å²) in [5.74, 6) is 1.69. The molecule has 1 spiro atoms. The third-order valence-electron chi connectivity index (χ3n) is 6.92. The van der Waals surface area contributed by atoms with Gasteiger partial charge in [0.1, 0.15) is 22.9 Å². The van der Waals surface area contributed by atoms with Gasteiger partial charge in [0.15, 0.2) is 0 Å². The molecule has 0 N–H and O–H groups in total. The fraction of sp³-hybridized carbons (Fsp3) is 0.542. The minimum Gasteiger partial charge on any atom is -0.496 e. The summed E-state index contributed by atoms with van der Waals surface area (Å²) in [5.41, 5.74) is 2.67. The van der Waals surface area contributed by atoms with Gasteiger partial charge in [0.2, 0.25) is 0 Å². The van der Waals surface area contributed by atoms with Crippen LogP contribution in [0.25, 0.3) is 0 Å². The lowest BCUT2D eigenvalue weighted by molar-refractivity contribution is -0.0780. The largest absolute Gasteiger partial charge is 0.496 e. The van der Waals surface area contributed by atoms with Crippen LogP contribution in [0.15, 0.2) is 30.6 Å². The number of carbonyl (C=O) groups is 1. The molecule has 0 saturated carbocycles. The van der Waals surface area contributed by atoms with Crippen LogP contribution in [-0.2, 0) is 16.8 Å². The predicted molar refractivity (Wildman–Crippen MR) is 118 cm³/mol. The Balaban J connectivity index is 1.34. The fourth-order valence-electron chi connectivity index (χ4n) is 5.26. The van der Waals surface area contributed by atoms with Crippen molar-refractivity contribution in [1.82, 2.24) is 14.9 Å². The Hall–Kier alpha value is -2.67. The zero-order valence-corrected chi connectivity index (χ0v) is 18.2. The van der Waals surface area contributed by atoms with E-state index in [-0.39, 0.29) is 11.5 Å². The van der Waals surface area contributed by atoms with Gasteiger partial charge in [-0.15, -0.1) is 0 Å². The summed E-state index contributed by atoms with van der Waals surface area (Å²) in [6, 6.07) is 6.28. The number of amides is 1. The highest BCUT2D eigenvalue weighted by molar-refractivity contribution is 5.92. The lowest BCUT2D eigenvalue weighted by Gasteiger charge is -2.45. The van der Waals surface area contributed by atoms with Crippen molar-refractivity contribution < 1.29 is 14.3 Å². The summed E-state index contributed by atoms with van der Waals surface area (Å²) in [6.45, 7) is 3.96. The van der Waals surface area contributed by atoms with Crippen molar-refractivity contribution in [2.45, 2.75) is 44.1 Å². The molecule has 1 aromatic carbocycles. The number of carbonyl (C=O) groups excluding carboxylic acids is 1. The summed E-state index contributed by atoms with van der Waals surface area (Å²) in [7, 11) is 1.73. The molecule has 0 bridgehead atoms. The fourth-order valence-corrected chi connectivity index (χ4v) is 5.26. The number of hydrogen-bond acceptors (Lipinski definition) is 6. The van der Waals surface area contributed by atoms with E-state index in [2.05, 4.69) is 27.0 Å². The van der Waals surface area contributed by atoms with Gasteiger partial charge in [-0.05, 0) is 50.2 Å². The van der Waals surface area contributed by atoms with E-state index in [1.165, 1.54) is 17.5 Å². The number of aromatic nitrogens is 2. The molecular weight excluding hydrogens is 392 g/mol. The second-order valence-corrected chi connectivity index (χ2v) is 8.69. The molecular formula is C24H30N4O3. The van der Waals surface area contributed by atoms with Gasteiger partial charge >= 0.3 is 0 Å². The summed E-state index contributed by atoms with van der Waals surface area (Å²) < 4.78 is 12.1. The van der Waals surface area contributed by atoms with Gasteiger partial charge in [0.05, 0.1) is 26.1 Å². The van der Waals surface area contributed by atoms with E-state index < -0.39 is 0 Å². The molecule has 7 nitrogen and oxygen atoms in total. The minimum absolute atomic E-state index is 0.00296. The molecule has 2 fully saturated rings. The minimum atomic E-state index is -0.314. The Kier molecular flexibility index (Phi) is 5.52. The molecule has 4 heterocycles. The van der Waals surface area contributed by atoms with Crippen molar-refractivity contribution in [2.75, 3.05) is 44.8 Å². The first-order valence-corrected chi connectivity index (χ1v) is 11.4. The van der Waals surface area contributed by atoms with Gasteiger partial charge in [-0.25, -0.2) is 4.98 Å². The van der Waals surface area contributed by atoms with Crippen LogP contribution in [0.1, 0.15) is 53.7 Å². The molecule has 0 atom stereocenters. The smallest absolute Gasteiger partial charge is 0.274 e. The van der Waals surface area contributed by atoms with Crippen LogP contribution in [0.4, 0.5) is 5.82 Å². The topological polar surface area (TPSA) is 67.8 Å². The first-order chi connectivity index (χ1) is 15.2. The molecule has 1 amide bonds. The third kappa shape index (κ3) is 3.76. The number of piperidine rings is 2. The zero-order chi connectivity index (χ0) is 21.3. The monoisotopic (exact) mass is 422 g/mol. The van der Waals surface area contributed by atoms with Crippen molar-refractivity contribution in [3.05, 3.63) is 47.4 Å². The molecule has 2 saturated heterocycles. The number of hydrogen-bond donors (Lipinski definition) is 0. The van der Waals surface area contributed by atoms with E-state index >= 15 is 0 Å². The Morgan fingerprint density at radius 3 is 2.68 bits per heavy atom. The summed E-state index contributed by atoms with van der Waals surface area (Å²) >= 11 is 0. The van der Waals surface area contributed by atoms with Crippen LogP contribution < -0.4 is 9.64 Å². The number of rotatable bonds is 3. The van der Waals surface area contributed by atoms with E-state index in [4.69, 9.17) is 9.47 Å². The number of methoxy groups -OCH3 is 1. The highest BCUT2D eigenvalue weighted by Crippen LogP contribution is 2.46. The molecule has 0 unspecified atom stereocenters. The van der Waals surface area contributed by atoms with Crippen molar-refractivity contribution in [2.24, 2.45) is 0 Å². The van der Waals surface area contributed by atoms with Gasteiger partial charge in [-0.2, -0.15) is 0 Å². The SMILES string of the molecule is COc1cccc2c1C1(CCN(c3cncc(C(=O)N4CCCCC4)n3)CC1)OCC2. The van der Waals surface area contributed by atoms with Crippen molar-refractivity contribution in [1.29, 1.82) is 0 Å². The second kappa shape index (κ2) is 8.46. The maximum Gasteiger partial charge on any atom is 0.274 e. The second-order valence-electron chi connectivity index (χ2n) is 8.69. The maximum atomic E-state index is 12.9. The summed E-state index contributed by atoms with van der Waals surface area (Å²) in [6.07, 6.45) is 9.32. The molecule has 0 aliphatic carbocycles. The van der Waals surface area contributed by atoms with E-state index in [0.717, 1.165) is 76.5 Å². The van der Waals surface area contributed by atoms with Gasteiger partial charge in [-0.1, -0.05) is 12.1 Å². The van der Waals surface area contributed by atoms with Crippen LogP contribution in [-0.4, -0.2) is 60.7 Å². The summed E-state index contributed by atoms with van der Waals surface area (Å²) in [4.78, 5) is 26.0. The van der Waals surface area contributed by atoms with Crippen LogP contribution in [0.2, 0.25) is 0 Å².